The fourth-order valence-corrected chi connectivity index (χ4v) is 2.71. The van der Waals surface area contributed by atoms with Crippen molar-refractivity contribution in [3.8, 4) is 0 Å². The number of carbonyl (C=O) groups excluding carboxylic acids is 1. The van der Waals surface area contributed by atoms with Gasteiger partial charge in [-0.05, 0) is 5.56 Å². The molecule has 0 radical (unpaired) electrons. The first-order valence-corrected chi connectivity index (χ1v) is 7.62. The van der Waals surface area contributed by atoms with Crippen LogP contribution < -0.4 is 0 Å². The highest BCUT2D eigenvalue weighted by Gasteiger charge is 2.36. The van der Waals surface area contributed by atoms with Gasteiger partial charge in [0.05, 0.1) is 5.69 Å². The van der Waals surface area contributed by atoms with E-state index in [-0.39, 0.29) is 11.8 Å². The molecule has 1 fully saturated rings. The van der Waals surface area contributed by atoms with Gasteiger partial charge in [-0.3, -0.25) is 4.79 Å². The molecule has 1 atom stereocenters. The number of hydrogen-bond acceptors (Lipinski definition) is 5. The number of nitrogens with zero attached hydrogens (tertiary/aromatic N) is 2. The van der Waals surface area contributed by atoms with Gasteiger partial charge in [-0.2, -0.15) is 0 Å². The summed E-state index contributed by atoms with van der Waals surface area (Å²) in [6, 6.07) is 11.4. The molecule has 6 nitrogen and oxygen atoms in total. The number of methoxy groups -OCH3 is 1. The summed E-state index contributed by atoms with van der Waals surface area (Å²) in [5, 5.41) is 14.1. The minimum atomic E-state index is -1.00. The Morgan fingerprint density at radius 1 is 1.43 bits per heavy atom. The first kappa shape index (κ1) is 15.7. The highest BCUT2D eigenvalue weighted by Crippen LogP contribution is 2.27. The number of aliphatic hydroxyl groups excluding tert-OH is 1. The van der Waals surface area contributed by atoms with Gasteiger partial charge in [0.15, 0.2) is 5.76 Å². The van der Waals surface area contributed by atoms with Gasteiger partial charge in [-0.25, -0.2) is 0 Å². The van der Waals surface area contributed by atoms with Gasteiger partial charge in [-0.15, -0.1) is 0 Å². The van der Waals surface area contributed by atoms with E-state index in [2.05, 4.69) is 5.16 Å². The highest BCUT2D eigenvalue weighted by molar-refractivity contribution is 5.82. The lowest BCUT2D eigenvalue weighted by atomic mass is 9.94. The molecule has 1 aromatic carbocycles. The van der Waals surface area contributed by atoms with Gasteiger partial charge < -0.3 is 19.3 Å². The molecule has 1 aliphatic heterocycles. The zero-order chi connectivity index (χ0) is 16.2. The molecule has 0 bridgehead atoms. The largest absolute Gasteiger partial charge is 0.383 e. The van der Waals surface area contributed by atoms with Crippen molar-refractivity contribution >= 4 is 5.91 Å². The van der Waals surface area contributed by atoms with Gasteiger partial charge in [0.1, 0.15) is 12.7 Å². The number of rotatable bonds is 6. The normalized spacial score (nSPS) is 16.2. The molecule has 2 heterocycles. The molecular weight excluding hydrogens is 296 g/mol. The number of aromatic nitrogens is 1. The average molecular weight is 316 g/mol. The number of aliphatic hydroxyl groups is 1. The van der Waals surface area contributed by atoms with Crippen molar-refractivity contribution < 1.29 is 19.2 Å². The Bertz CT molecular complexity index is 650. The maximum atomic E-state index is 12.2. The van der Waals surface area contributed by atoms with Crippen LogP contribution in [0.15, 0.2) is 40.9 Å². The van der Waals surface area contributed by atoms with Crippen LogP contribution in [-0.2, 0) is 22.6 Å². The van der Waals surface area contributed by atoms with E-state index in [1.54, 1.807) is 12.0 Å². The van der Waals surface area contributed by atoms with Crippen LogP contribution in [0.5, 0.6) is 0 Å². The number of ether oxygens (including phenoxy) is 1. The zero-order valence-electron chi connectivity index (χ0n) is 13.0. The van der Waals surface area contributed by atoms with E-state index in [0.717, 1.165) is 11.3 Å². The molecule has 0 unspecified atom stereocenters. The van der Waals surface area contributed by atoms with Crippen LogP contribution in [0.1, 0.15) is 22.9 Å². The topological polar surface area (TPSA) is 75.8 Å². The molecule has 1 N–H and O–H groups in total. The molecule has 3 rings (SSSR count). The first-order valence-electron chi connectivity index (χ1n) is 7.62. The molecule has 0 saturated carbocycles. The lowest BCUT2D eigenvalue weighted by Gasteiger charge is -2.39. The molecular formula is C17H20N2O4. The van der Waals surface area contributed by atoms with Crippen LogP contribution in [0, 0.1) is 0 Å². The molecule has 23 heavy (non-hydrogen) atoms. The van der Waals surface area contributed by atoms with Crippen molar-refractivity contribution in [2.45, 2.75) is 25.0 Å². The summed E-state index contributed by atoms with van der Waals surface area (Å²) in [6.07, 6.45) is -0.664. The number of hydrogen-bond donors (Lipinski definition) is 1. The monoisotopic (exact) mass is 316 g/mol. The number of likely N-dealkylation sites (tertiary alicyclic amines) is 1. The van der Waals surface area contributed by atoms with Crippen molar-refractivity contribution in [2.24, 2.45) is 0 Å². The third-order valence-electron chi connectivity index (χ3n) is 4.03. The lowest BCUT2D eigenvalue weighted by Crippen LogP contribution is -2.52. The van der Waals surface area contributed by atoms with E-state index in [1.165, 1.54) is 0 Å². The summed E-state index contributed by atoms with van der Waals surface area (Å²) in [5.74, 6) is 0.610. The van der Waals surface area contributed by atoms with Crippen LogP contribution in [0.25, 0.3) is 0 Å². The number of benzene rings is 1. The second kappa shape index (κ2) is 6.93. The Morgan fingerprint density at radius 3 is 2.87 bits per heavy atom. The van der Waals surface area contributed by atoms with E-state index in [9.17, 15) is 9.90 Å². The van der Waals surface area contributed by atoms with Gasteiger partial charge in [-0.1, -0.05) is 35.5 Å². The van der Waals surface area contributed by atoms with E-state index >= 15 is 0 Å². The quantitative estimate of drug-likeness (QED) is 0.870. The second-order valence-corrected chi connectivity index (χ2v) is 5.80. The van der Waals surface area contributed by atoms with E-state index < -0.39 is 6.10 Å². The summed E-state index contributed by atoms with van der Waals surface area (Å²) in [7, 11) is 1.60. The SMILES string of the molecule is COCc1cc(C2CN(C(=O)[C@@H](O)Cc3ccccc3)C2)no1. The smallest absolute Gasteiger partial charge is 0.251 e. The predicted molar refractivity (Wildman–Crippen MR) is 82.7 cm³/mol. The van der Waals surface area contributed by atoms with E-state index in [4.69, 9.17) is 9.26 Å². The molecule has 122 valence electrons. The maximum absolute atomic E-state index is 12.2. The number of carbonyl (C=O) groups is 1. The molecule has 1 saturated heterocycles. The third-order valence-corrected chi connectivity index (χ3v) is 4.03. The molecule has 6 heteroatoms. The van der Waals surface area contributed by atoms with E-state index in [0.29, 0.717) is 31.9 Å². The summed E-state index contributed by atoms with van der Waals surface area (Å²) in [5.41, 5.74) is 1.78. The Hall–Kier alpha value is -2.18. The van der Waals surface area contributed by atoms with Gasteiger partial charge in [0, 0.05) is 38.6 Å². The van der Waals surface area contributed by atoms with E-state index in [1.807, 2.05) is 36.4 Å². The molecule has 1 amide bonds. The Kier molecular flexibility index (Phi) is 4.73. The fourth-order valence-electron chi connectivity index (χ4n) is 2.71. The fraction of sp³-hybridized carbons (Fsp3) is 0.412. The molecule has 1 aromatic heterocycles. The van der Waals surface area contributed by atoms with Crippen LogP contribution in [0.3, 0.4) is 0 Å². The zero-order valence-corrected chi connectivity index (χ0v) is 13.0. The minimum Gasteiger partial charge on any atom is -0.383 e. The van der Waals surface area contributed by atoms with Crippen molar-refractivity contribution in [1.29, 1.82) is 0 Å². The molecule has 0 spiro atoms. The Morgan fingerprint density at radius 2 is 2.17 bits per heavy atom. The Labute approximate surface area is 134 Å². The first-order chi connectivity index (χ1) is 11.2. The van der Waals surface area contributed by atoms with Gasteiger partial charge in [0.2, 0.25) is 0 Å². The third kappa shape index (κ3) is 3.60. The van der Waals surface area contributed by atoms with Crippen LogP contribution in [0.4, 0.5) is 0 Å². The summed E-state index contributed by atoms with van der Waals surface area (Å²) < 4.78 is 10.1. The molecule has 1 aliphatic rings. The van der Waals surface area contributed by atoms with Crippen LogP contribution >= 0.6 is 0 Å². The summed E-state index contributed by atoms with van der Waals surface area (Å²) >= 11 is 0. The van der Waals surface area contributed by atoms with Crippen LogP contribution in [0.2, 0.25) is 0 Å². The van der Waals surface area contributed by atoms with Crippen molar-refractivity contribution in [3.63, 3.8) is 0 Å². The lowest BCUT2D eigenvalue weighted by molar-refractivity contribution is -0.144. The number of amides is 1. The molecule has 2 aromatic rings. The average Bonchev–Trinajstić information content (AvgIpc) is 2.95. The predicted octanol–water partition coefficient (Wildman–Crippen LogP) is 1.35. The Balaban J connectivity index is 1.50. The summed E-state index contributed by atoms with van der Waals surface area (Å²) in [6.45, 7) is 1.51. The van der Waals surface area contributed by atoms with Gasteiger partial charge >= 0.3 is 0 Å². The highest BCUT2D eigenvalue weighted by atomic mass is 16.5. The van der Waals surface area contributed by atoms with Crippen molar-refractivity contribution in [3.05, 3.63) is 53.4 Å². The van der Waals surface area contributed by atoms with Gasteiger partial charge in [0.25, 0.3) is 5.91 Å². The molecule has 0 aliphatic carbocycles. The maximum Gasteiger partial charge on any atom is 0.251 e. The van der Waals surface area contributed by atoms with Crippen molar-refractivity contribution in [1.82, 2.24) is 10.1 Å². The second-order valence-electron chi connectivity index (χ2n) is 5.80. The van der Waals surface area contributed by atoms with Crippen LogP contribution in [-0.4, -0.2) is 47.4 Å². The summed E-state index contributed by atoms with van der Waals surface area (Å²) in [4.78, 5) is 13.9. The standard InChI is InChI=1S/C17H20N2O4/c1-22-11-14-8-15(18-23-14)13-9-19(10-13)17(21)16(20)7-12-5-3-2-4-6-12/h2-6,8,13,16,20H,7,9-11H2,1H3/t16-/m0/s1. The van der Waals surface area contributed by atoms with Crippen molar-refractivity contribution in [2.75, 3.05) is 20.2 Å². The minimum absolute atomic E-state index is 0.164.